The average Bonchev–Trinajstić information content (AvgIpc) is 2.87. The second-order valence-electron chi connectivity index (χ2n) is 4.92. The van der Waals surface area contributed by atoms with Crippen molar-refractivity contribution in [2.75, 3.05) is 0 Å². The van der Waals surface area contributed by atoms with Gasteiger partial charge in [0.15, 0.2) is 0 Å². The smallest absolute Gasteiger partial charge is 0.282 e. The molecule has 0 saturated heterocycles. The van der Waals surface area contributed by atoms with Gasteiger partial charge in [-0.25, -0.2) is 0 Å². The van der Waals surface area contributed by atoms with Gasteiger partial charge in [-0.1, -0.05) is 48.6 Å². The van der Waals surface area contributed by atoms with Crippen LogP contribution in [0.15, 0.2) is 59.0 Å². The van der Waals surface area contributed by atoms with Crippen LogP contribution in [0.2, 0.25) is 0 Å². The fraction of sp³-hybridized carbons (Fsp3) is 0.111. The quantitative estimate of drug-likeness (QED) is 0.762. The summed E-state index contributed by atoms with van der Waals surface area (Å²) in [5, 5.41) is 19.5. The zero-order valence-electron chi connectivity index (χ0n) is 11.5. The van der Waals surface area contributed by atoms with Crippen LogP contribution in [0.3, 0.4) is 0 Å². The van der Waals surface area contributed by atoms with E-state index in [0.29, 0.717) is 5.58 Å². The number of fused-ring (bicyclic) bond motifs is 1. The Morgan fingerprint density at radius 2 is 1.90 bits per heavy atom. The Hall–Kier alpha value is -2.52. The lowest BCUT2D eigenvalue weighted by Crippen LogP contribution is -1.87. The molecule has 0 bridgehead atoms. The summed E-state index contributed by atoms with van der Waals surface area (Å²) in [6.07, 6.45) is 4.82. The first kappa shape index (κ1) is 13.5. The molecule has 3 heteroatoms. The van der Waals surface area contributed by atoms with Gasteiger partial charge < -0.3 is 14.6 Å². The molecule has 0 fully saturated rings. The molecule has 0 aliphatic rings. The fourth-order valence-electron chi connectivity index (χ4n) is 2.35. The summed E-state index contributed by atoms with van der Waals surface area (Å²) in [7, 11) is 0. The van der Waals surface area contributed by atoms with Crippen LogP contribution >= 0.6 is 0 Å². The van der Waals surface area contributed by atoms with Crippen LogP contribution < -0.4 is 0 Å². The fourth-order valence-corrected chi connectivity index (χ4v) is 2.35. The second kappa shape index (κ2) is 5.85. The van der Waals surface area contributed by atoms with Gasteiger partial charge >= 0.3 is 0 Å². The Morgan fingerprint density at radius 3 is 2.76 bits per heavy atom. The maximum absolute atomic E-state index is 9.33. The Bertz CT molecular complexity index is 784. The molecule has 106 valence electrons. The minimum atomic E-state index is -0.0606. The Morgan fingerprint density at radius 1 is 1.05 bits per heavy atom. The van der Waals surface area contributed by atoms with Gasteiger partial charge in [-0.2, -0.15) is 0 Å². The minimum absolute atomic E-state index is 0.0398. The van der Waals surface area contributed by atoms with E-state index in [0.717, 1.165) is 28.5 Å². The molecule has 3 nitrogen and oxygen atoms in total. The van der Waals surface area contributed by atoms with Crippen LogP contribution in [0.25, 0.3) is 17.0 Å². The van der Waals surface area contributed by atoms with Crippen molar-refractivity contribution in [2.24, 2.45) is 0 Å². The molecular weight excluding hydrogens is 264 g/mol. The van der Waals surface area contributed by atoms with Crippen molar-refractivity contribution < 1.29 is 14.6 Å². The Balaban J connectivity index is 1.77. The molecular formula is C18H16O3. The Kier molecular flexibility index (Phi) is 3.75. The standard InChI is InChI=1S/C18H16O3/c19-12-16-6-2-1-5-14(16)7-3-4-13-8-9-15-11-18(20)21-17(15)10-13/h1-3,5-11,19-20H,4,12H2. The summed E-state index contributed by atoms with van der Waals surface area (Å²) in [5.74, 6) is -0.0606. The van der Waals surface area contributed by atoms with Gasteiger partial charge in [0.25, 0.3) is 5.95 Å². The minimum Gasteiger partial charge on any atom is -0.481 e. The molecule has 0 radical (unpaired) electrons. The highest BCUT2D eigenvalue weighted by molar-refractivity contribution is 5.79. The second-order valence-corrected chi connectivity index (χ2v) is 4.92. The van der Waals surface area contributed by atoms with Crippen molar-refractivity contribution in [3.8, 4) is 5.95 Å². The normalized spacial score (nSPS) is 11.5. The van der Waals surface area contributed by atoms with E-state index in [-0.39, 0.29) is 12.6 Å². The van der Waals surface area contributed by atoms with Gasteiger partial charge in [0, 0.05) is 11.5 Å². The van der Waals surface area contributed by atoms with Crippen molar-refractivity contribution in [3.63, 3.8) is 0 Å². The molecule has 3 rings (SSSR count). The third-order valence-electron chi connectivity index (χ3n) is 3.45. The van der Waals surface area contributed by atoms with Crippen LogP contribution in [-0.2, 0) is 13.0 Å². The lowest BCUT2D eigenvalue weighted by atomic mass is 10.1. The van der Waals surface area contributed by atoms with E-state index in [1.165, 1.54) is 0 Å². The molecule has 0 aliphatic carbocycles. The summed E-state index contributed by atoms with van der Waals surface area (Å²) in [6.45, 7) is 0.0398. The number of furan rings is 1. The van der Waals surface area contributed by atoms with E-state index in [4.69, 9.17) is 4.42 Å². The van der Waals surface area contributed by atoms with Gasteiger partial charge in [0.1, 0.15) is 5.58 Å². The zero-order valence-corrected chi connectivity index (χ0v) is 11.5. The Labute approximate surface area is 122 Å². The average molecular weight is 280 g/mol. The van der Waals surface area contributed by atoms with E-state index in [1.807, 2.05) is 48.5 Å². The topological polar surface area (TPSA) is 53.6 Å². The molecule has 21 heavy (non-hydrogen) atoms. The van der Waals surface area contributed by atoms with Crippen molar-refractivity contribution in [1.29, 1.82) is 0 Å². The first-order valence-corrected chi connectivity index (χ1v) is 6.83. The maximum atomic E-state index is 9.33. The number of benzene rings is 2. The molecule has 2 aromatic carbocycles. The summed E-state index contributed by atoms with van der Waals surface area (Å²) in [5.41, 5.74) is 3.74. The van der Waals surface area contributed by atoms with Crippen molar-refractivity contribution in [2.45, 2.75) is 13.0 Å². The van der Waals surface area contributed by atoms with Crippen molar-refractivity contribution >= 4 is 17.0 Å². The number of allylic oxidation sites excluding steroid dienone is 1. The number of aliphatic hydroxyl groups excluding tert-OH is 1. The van der Waals surface area contributed by atoms with Crippen LogP contribution in [0.4, 0.5) is 0 Å². The van der Waals surface area contributed by atoms with Gasteiger partial charge in [0.05, 0.1) is 6.61 Å². The molecule has 0 saturated carbocycles. The highest BCUT2D eigenvalue weighted by Gasteiger charge is 2.02. The maximum Gasteiger partial charge on any atom is 0.282 e. The number of hydrogen-bond donors (Lipinski definition) is 2. The SMILES string of the molecule is OCc1ccccc1C=CCc1ccc2cc(O)oc2c1. The van der Waals surface area contributed by atoms with E-state index in [1.54, 1.807) is 6.07 Å². The third kappa shape index (κ3) is 2.98. The number of rotatable bonds is 4. The van der Waals surface area contributed by atoms with Gasteiger partial charge in [-0.3, -0.25) is 0 Å². The summed E-state index contributed by atoms with van der Waals surface area (Å²) in [4.78, 5) is 0. The van der Waals surface area contributed by atoms with E-state index < -0.39 is 0 Å². The van der Waals surface area contributed by atoms with Crippen LogP contribution in [0, 0.1) is 0 Å². The van der Waals surface area contributed by atoms with E-state index in [9.17, 15) is 10.2 Å². The lowest BCUT2D eigenvalue weighted by Gasteiger charge is -2.01. The number of aromatic hydroxyl groups is 1. The van der Waals surface area contributed by atoms with Crippen molar-refractivity contribution in [3.05, 3.63) is 71.3 Å². The molecule has 0 aliphatic heterocycles. The molecule has 1 heterocycles. The summed E-state index contributed by atoms with van der Waals surface area (Å²) in [6, 6.07) is 15.2. The van der Waals surface area contributed by atoms with Crippen molar-refractivity contribution in [1.82, 2.24) is 0 Å². The van der Waals surface area contributed by atoms with E-state index in [2.05, 4.69) is 6.08 Å². The molecule has 3 aromatic rings. The van der Waals surface area contributed by atoms with Crippen LogP contribution in [-0.4, -0.2) is 10.2 Å². The first-order valence-electron chi connectivity index (χ1n) is 6.83. The molecule has 1 aromatic heterocycles. The summed E-state index contributed by atoms with van der Waals surface area (Å²) < 4.78 is 5.21. The highest BCUT2D eigenvalue weighted by Crippen LogP contribution is 2.24. The molecule has 0 unspecified atom stereocenters. The molecule has 0 spiro atoms. The van der Waals surface area contributed by atoms with Gasteiger partial charge in [-0.05, 0) is 29.2 Å². The molecule has 0 atom stereocenters. The summed E-state index contributed by atoms with van der Waals surface area (Å²) >= 11 is 0. The third-order valence-corrected chi connectivity index (χ3v) is 3.45. The van der Waals surface area contributed by atoms with Gasteiger partial charge in [0.2, 0.25) is 0 Å². The molecule has 2 N–H and O–H groups in total. The van der Waals surface area contributed by atoms with Gasteiger partial charge in [-0.15, -0.1) is 0 Å². The monoisotopic (exact) mass is 280 g/mol. The zero-order chi connectivity index (χ0) is 14.7. The number of hydrogen-bond acceptors (Lipinski definition) is 3. The van der Waals surface area contributed by atoms with Crippen LogP contribution in [0.5, 0.6) is 5.95 Å². The predicted octanol–water partition coefficient (Wildman–Crippen LogP) is 3.89. The molecule has 0 amide bonds. The predicted molar refractivity (Wildman–Crippen MR) is 83.0 cm³/mol. The largest absolute Gasteiger partial charge is 0.481 e. The number of aliphatic hydroxyl groups is 1. The first-order chi connectivity index (χ1) is 10.3. The van der Waals surface area contributed by atoms with E-state index >= 15 is 0 Å². The van der Waals surface area contributed by atoms with Crippen LogP contribution in [0.1, 0.15) is 16.7 Å². The lowest BCUT2D eigenvalue weighted by molar-refractivity contribution is 0.281. The highest BCUT2D eigenvalue weighted by atomic mass is 16.5.